The first kappa shape index (κ1) is 16.3. The van der Waals surface area contributed by atoms with E-state index in [1.54, 1.807) is 10.8 Å². The third-order valence-corrected chi connectivity index (χ3v) is 4.84. The predicted octanol–water partition coefficient (Wildman–Crippen LogP) is 3.55. The molecule has 0 N–H and O–H groups in total. The second-order valence-corrected chi connectivity index (χ2v) is 6.92. The third kappa shape index (κ3) is 4.03. The van der Waals surface area contributed by atoms with Crippen LogP contribution in [0.3, 0.4) is 0 Å². The van der Waals surface area contributed by atoms with E-state index in [0.29, 0.717) is 0 Å². The van der Waals surface area contributed by atoms with Crippen LogP contribution < -0.4 is 14.2 Å². The molecule has 0 radical (unpaired) electrons. The molecule has 23 heavy (non-hydrogen) atoms. The Labute approximate surface area is 146 Å². The Hall–Kier alpha value is -1.59. The van der Waals surface area contributed by atoms with Crippen molar-refractivity contribution in [3.8, 4) is 5.75 Å². The van der Waals surface area contributed by atoms with E-state index in [4.69, 9.17) is 4.74 Å². The summed E-state index contributed by atoms with van der Waals surface area (Å²) in [6, 6.07) is 12.6. The third-order valence-electron chi connectivity index (χ3n) is 3.93. The van der Waals surface area contributed by atoms with Gasteiger partial charge in [-0.15, -0.1) is 11.7 Å². The Morgan fingerprint density at radius 3 is 3.09 bits per heavy atom. The number of hydrogen-bond donors (Lipinski definition) is 1. The van der Waals surface area contributed by atoms with Crippen LogP contribution in [0.2, 0.25) is 0 Å². The largest absolute Gasteiger partial charge is 0.490 e. The van der Waals surface area contributed by atoms with Gasteiger partial charge in [0.1, 0.15) is 12.4 Å². The lowest BCUT2D eigenvalue weighted by Gasteiger charge is -2.27. The number of benzene rings is 1. The van der Waals surface area contributed by atoms with Crippen LogP contribution in [0, 0.1) is 0 Å². The minimum Gasteiger partial charge on any atom is -0.490 e. The molecule has 1 aliphatic heterocycles. The number of aromatic nitrogens is 1. The lowest BCUT2D eigenvalue weighted by molar-refractivity contribution is -0.694. The van der Waals surface area contributed by atoms with Crippen LogP contribution >= 0.6 is 22.5 Å². The standard InChI is InChI=1S/C18H20N2OS2/c1-19-10-12-21-18-14-15(6-8-17(18)19)5-7-16-4-2-3-9-20(16)11-13-23-22/h2-9,14H,10-13H2,1H3/p+1. The highest BCUT2D eigenvalue weighted by atomic mass is 33.1. The van der Waals surface area contributed by atoms with Crippen LogP contribution in [0.25, 0.3) is 12.2 Å². The summed E-state index contributed by atoms with van der Waals surface area (Å²) < 4.78 is 8.01. The Bertz CT molecular complexity index is 703. The maximum Gasteiger partial charge on any atom is 0.205 e. The van der Waals surface area contributed by atoms with Crippen LogP contribution in [0.1, 0.15) is 11.3 Å². The zero-order chi connectivity index (χ0) is 16.1. The van der Waals surface area contributed by atoms with Crippen LogP contribution in [0.4, 0.5) is 5.69 Å². The summed E-state index contributed by atoms with van der Waals surface area (Å²) in [5.41, 5.74) is 3.50. The molecule has 1 aliphatic rings. The van der Waals surface area contributed by atoms with Gasteiger partial charge >= 0.3 is 0 Å². The number of thiol groups is 1. The van der Waals surface area contributed by atoms with E-state index in [9.17, 15) is 0 Å². The molecule has 0 aliphatic carbocycles. The number of anilines is 1. The highest BCUT2D eigenvalue weighted by molar-refractivity contribution is 8.68. The monoisotopic (exact) mass is 345 g/mol. The summed E-state index contributed by atoms with van der Waals surface area (Å²) in [7, 11) is 3.66. The lowest BCUT2D eigenvalue weighted by atomic mass is 10.1. The SMILES string of the molecule is CN1CCOc2cc(/C=C/c3cccc[n+]3CCSS)ccc21. The molecule has 0 saturated heterocycles. The van der Waals surface area contributed by atoms with Crippen molar-refractivity contribution in [1.82, 2.24) is 0 Å². The minimum absolute atomic E-state index is 0.747. The first-order valence-corrected chi connectivity index (χ1v) is 9.72. The molecule has 1 aromatic heterocycles. The second-order valence-electron chi connectivity index (χ2n) is 5.48. The van der Waals surface area contributed by atoms with E-state index >= 15 is 0 Å². The van der Waals surface area contributed by atoms with E-state index in [1.807, 2.05) is 0 Å². The predicted molar refractivity (Wildman–Crippen MR) is 102 cm³/mol. The Morgan fingerprint density at radius 2 is 2.22 bits per heavy atom. The number of aryl methyl sites for hydroxylation is 1. The summed E-state index contributed by atoms with van der Waals surface area (Å²) in [6.07, 6.45) is 6.39. The summed E-state index contributed by atoms with van der Waals surface area (Å²) in [4.78, 5) is 2.23. The first-order chi connectivity index (χ1) is 11.3. The fourth-order valence-electron chi connectivity index (χ4n) is 2.64. The molecule has 0 bridgehead atoms. The Balaban J connectivity index is 1.81. The van der Waals surface area contributed by atoms with E-state index in [1.165, 1.54) is 5.69 Å². The number of nitrogens with zero attached hydrogens (tertiary/aromatic N) is 2. The van der Waals surface area contributed by atoms with Gasteiger partial charge < -0.3 is 9.64 Å². The van der Waals surface area contributed by atoms with Gasteiger partial charge in [-0.3, -0.25) is 0 Å². The van der Waals surface area contributed by atoms with E-state index in [2.05, 4.69) is 82.9 Å². The number of pyridine rings is 1. The van der Waals surface area contributed by atoms with Gasteiger partial charge in [0.05, 0.1) is 18.0 Å². The summed E-state index contributed by atoms with van der Waals surface area (Å²) >= 11 is 4.22. The number of likely N-dealkylation sites (N-methyl/N-ethyl adjacent to an activating group) is 1. The van der Waals surface area contributed by atoms with Crippen molar-refractivity contribution in [3.05, 3.63) is 53.9 Å². The highest BCUT2D eigenvalue weighted by Gasteiger charge is 2.14. The molecule has 0 saturated carbocycles. The van der Waals surface area contributed by atoms with Gasteiger partial charge in [0, 0.05) is 25.3 Å². The molecule has 0 unspecified atom stereocenters. The van der Waals surface area contributed by atoms with Gasteiger partial charge in [0.15, 0.2) is 12.7 Å². The highest BCUT2D eigenvalue weighted by Crippen LogP contribution is 2.31. The number of hydrogen-bond acceptors (Lipinski definition) is 4. The maximum absolute atomic E-state index is 5.77. The molecule has 0 fully saturated rings. The van der Waals surface area contributed by atoms with Gasteiger partial charge in [-0.05, 0) is 29.8 Å². The van der Waals surface area contributed by atoms with E-state index < -0.39 is 0 Å². The van der Waals surface area contributed by atoms with E-state index in [0.717, 1.165) is 42.4 Å². The maximum atomic E-state index is 5.77. The quantitative estimate of drug-likeness (QED) is 0.507. The van der Waals surface area contributed by atoms with Crippen molar-refractivity contribution >= 4 is 40.3 Å². The first-order valence-electron chi connectivity index (χ1n) is 7.69. The smallest absolute Gasteiger partial charge is 0.205 e. The van der Waals surface area contributed by atoms with Crippen molar-refractivity contribution in [2.45, 2.75) is 6.54 Å². The Morgan fingerprint density at radius 1 is 1.30 bits per heavy atom. The summed E-state index contributed by atoms with van der Waals surface area (Å²) in [5.74, 6) is 1.95. The molecule has 120 valence electrons. The van der Waals surface area contributed by atoms with Crippen molar-refractivity contribution in [3.63, 3.8) is 0 Å². The second kappa shape index (κ2) is 7.79. The number of ether oxygens (including phenoxy) is 1. The fraction of sp³-hybridized carbons (Fsp3) is 0.278. The molecule has 3 nitrogen and oxygen atoms in total. The molecule has 5 heteroatoms. The topological polar surface area (TPSA) is 16.4 Å². The summed E-state index contributed by atoms with van der Waals surface area (Å²) in [6.45, 7) is 2.64. The Kier molecular flexibility index (Phi) is 5.51. The van der Waals surface area contributed by atoms with Gasteiger partial charge in [-0.25, -0.2) is 0 Å². The molecule has 0 atom stereocenters. The van der Waals surface area contributed by atoms with Crippen LogP contribution in [-0.4, -0.2) is 26.0 Å². The molecule has 1 aromatic carbocycles. The molecular weight excluding hydrogens is 324 g/mol. The molecule has 0 amide bonds. The zero-order valence-electron chi connectivity index (χ0n) is 13.2. The minimum atomic E-state index is 0.747. The van der Waals surface area contributed by atoms with Gasteiger partial charge in [-0.1, -0.05) is 16.9 Å². The van der Waals surface area contributed by atoms with Crippen molar-refractivity contribution in [2.75, 3.05) is 30.9 Å². The van der Waals surface area contributed by atoms with Crippen LogP contribution in [0.15, 0.2) is 42.6 Å². The lowest BCUT2D eigenvalue weighted by Crippen LogP contribution is -2.37. The van der Waals surface area contributed by atoms with Gasteiger partial charge in [0.25, 0.3) is 0 Å². The molecule has 2 aromatic rings. The molecular formula is C18H21N2OS2+. The summed E-state index contributed by atoms with van der Waals surface area (Å²) in [5, 5.41) is 0. The fourth-order valence-corrected chi connectivity index (χ4v) is 3.17. The average molecular weight is 346 g/mol. The normalized spacial score (nSPS) is 13.9. The average Bonchev–Trinajstić information content (AvgIpc) is 2.59. The zero-order valence-corrected chi connectivity index (χ0v) is 14.9. The van der Waals surface area contributed by atoms with E-state index in [-0.39, 0.29) is 0 Å². The van der Waals surface area contributed by atoms with Crippen molar-refractivity contribution in [2.24, 2.45) is 0 Å². The number of rotatable bonds is 5. The molecule has 2 heterocycles. The molecule has 3 rings (SSSR count). The molecule has 0 spiro atoms. The van der Waals surface area contributed by atoms with Crippen molar-refractivity contribution < 1.29 is 9.30 Å². The van der Waals surface area contributed by atoms with Crippen molar-refractivity contribution in [1.29, 1.82) is 0 Å². The van der Waals surface area contributed by atoms with Gasteiger partial charge in [-0.2, -0.15) is 4.57 Å². The van der Waals surface area contributed by atoms with Crippen LogP contribution in [0.5, 0.6) is 5.75 Å². The number of fused-ring (bicyclic) bond motifs is 1. The van der Waals surface area contributed by atoms with Gasteiger partial charge in [0.2, 0.25) is 5.69 Å². The van der Waals surface area contributed by atoms with Crippen LogP contribution in [-0.2, 0) is 6.54 Å².